The largest absolute Gasteiger partial charge is 0.356 e. The van der Waals surface area contributed by atoms with Crippen molar-refractivity contribution in [2.75, 3.05) is 5.32 Å². The molecule has 2 aromatic heterocycles. The number of benzene rings is 1. The van der Waals surface area contributed by atoms with E-state index in [2.05, 4.69) is 27.8 Å². The van der Waals surface area contributed by atoms with Crippen molar-refractivity contribution in [3.05, 3.63) is 62.6 Å². The Morgan fingerprint density at radius 1 is 1.21 bits per heavy atom. The molecule has 0 saturated carbocycles. The molecular formula is C20H24Cl2N6S. The van der Waals surface area contributed by atoms with Gasteiger partial charge in [0, 0.05) is 28.4 Å². The third kappa shape index (κ3) is 4.74. The minimum Gasteiger partial charge on any atom is -0.356 e. The standard InChI is InChI=1S/C20H24Cl2N6S/c1-11(17-9-23-27(5)13(17)3)24-20(29)25-19-12(2)26-28(14(19)4)10-15-6-7-16(21)8-18(15)22/h6-9,11H,10H2,1-5H3,(H2,24,25,29). The van der Waals surface area contributed by atoms with Gasteiger partial charge in [-0.05, 0) is 57.6 Å². The van der Waals surface area contributed by atoms with E-state index in [0.717, 1.165) is 33.9 Å². The lowest BCUT2D eigenvalue weighted by atomic mass is 10.1. The van der Waals surface area contributed by atoms with Gasteiger partial charge in [-0.2, -0.15) is 10.2 Å². The van der Waals surface area contributed by atoms with E-state index < -0.39 is 0 Å². The van der Waals surface area contributed by atoms with Gasteiger partial charge in [0.15, 0.2) is 5.11 Å². The topological polar surface area (TPSA) is 59.7 Å². The summed E-state index contributed by atoms with van der Waals surface area (Å²) in [4.78, 5) is 0. The van der Waals surface area contributed by atoms with E-state index in [1.807, 2.05) is 55.5 Å². The number of nitrogens with zero attached hydrogens (tertiary/aromatic N) is 4. The summed E-state index contributed by atoms with van der Waals surface area (Å²) in [6, 6.07) is 5.52. The predicted octanol–water partition coefficient (Wildman–Crippen LogP) is 4.94. The number of hydrogen-bond donors (Lipinski definition) is 2. The molecule has 0 saturated heterocycles. The molecule has 0 spiro atoms. The van der Waals surface area contributed by atoms with E-state index in [1.54, 1.807) is 6.07 Å². The molecule has 0 radical (unpaired) electrons. The van der Waals surface area contributed by atoms with Gasteiger partial charge in [-0.3, -0.25) is 9.36 Å². The molecule has 0 bridgehead atoms. The first-order valence-electron chi connectivity index (χ1n) is 9.21. The van der Waals surface area contributed by atoms with Crippen molar-refractivity contribution >= 4 is 46.2 Å². The minimum absolute atomic E-state index is 0.0345. The predicted molar refractivity (Wildman–Crippen MR) is 123 cm³/mol. The van der Waals surface area contributed by atoms with Crippen molar-refractivity contribution in [3.63, 3.8) is 0 Å². The van der Waals surface area contributed by atoms with Crippen LogP contribution in [0.4, 0.5) is 5.69 Å². The summed E-state index contributed by atoms with van der Waals surface area (Å²) >= 11 is 17.8. The maximum atomic E-state index is 6.31. The molecule has 154 valence electrons. The summed E-state index contributed by atoms with van der Waals surface area (Å²) in [7, 11) is 1.93. The number of nitrogens with one attached hydrogen (secondary N) is 2. The third-order valence-corrected chi connectivity index (χ3v) is 5.85. The Balaban J connectivity index is 1.72. The summed E-state index contributed by atoms with van der Waals surface area (Å²) in [5.41, 5.74) is 5.90. The second-order valence-corrected chi connectivity index (χ2v) is 8.32. The number of anilines is 1. The SMILES string of the molecule is Cc1nn(Cc2ccc(Cl)cc2Cl)c(C)c1NC(=S)NC(C)c1cnn(C)c1C. The monoisotopic (exact) mass is 450 g/mol. The number of thiocarbonyl (C=S) groups is 1. The van der Waals surface area contributed by atoms with Gasteiger partial charge in [0.2, 0.25) is 0 Å². The Kier molecular flexibility index (Phi) is 6.51. The van der Waals surface area contributed by atoms with E-state index in [0.29, 0.717) is 21.7 Å². The molecule has 1 atom stereocenters. The lowest BCUT2D eigenvalue weighted by molar-refractivity contribution is 0.659. The molecule has 1 aromatic carbocycles. The van der Waals surface area contributed by atoms with Crippen LogP contribution in [0.2, 0.25) is 10.0 Å². The number of aromatic nitrogens is 4. The van der Waals surface area contributed by atoms with Crippen molar-refractivity contribution in [3.8, 4) is 0 Å². The molecule has 1 unspecified atom stereocenters. The van der Waals surface area contributed by atoms with Gasteiger partial charge in [-0.1, -0.05) is 29.3 Å². The quantitative estimate of drug-likeness (QED) is 0.538. The first kappa shape index (κ1) is 21.6. The molecule has 3 rings (SSSR count). The summed E-state index contributed by atoms with van der Waals surface area (Å²) in [6.45, 7) is 8.60. The van der Waals surface area contributed by atoms with Crippen LogP contribution in [-0.2, 0) is 13.6 Å². The van der Waals surface area contributed by atoms with Crippen molar-refractivity contribution in [2.45, 2.75) is 40.3 Å². The average molecular weight is 451 g/mol. The van der Waals surface area contributed by atoms with Crippen LogP contribution in [0.1, 0.15) is 41.2 Å². The summed E-state index contributed by atoms with van der Waals surface area (Å²) < 4.78 is 3.76. The van der Waals surface area contributed by atoms with Crippen LogP contribution in [0.15, 0.2) is 24.4 Å². The van der Waals surface area contributed by atoms with Crippen LogP contribution in [-0.4, -0.2) is 24.7 Å². The molecule has 2 heterocycles. The first-order valence-corrected chi connectivity index (χ1v) is 10.4. The van der Waals surface area contributed by atoms with Crippen molar-refractivity contribution < 1.29 is 0 Å². The maximum absolute atomic E-state index is 6.31. The average Bonchev–Trinajstić information content (AvgIpc) is 3.11. The van der Waals surface area contributed by atoms with E-state index in [9.17, 15) is 0 Å². The van der Waals surface area contributed by atoms with E-state index >= 15 is 0 Å². The number of rotatable bonds is 5. The molecule has 3 aromatic rings. The normalized spacial score (nSPS) is 12.1. The summed E-state index contributed by atoms with van der Waals surface area (Å²) in [5, 5.41) is 17.3. The van der Waals surface area contributed by atoms with E-state index in [1.165, 1.54) is 0 Å². The molecule has 0 aliphatic carbocycles. The van der Waals surface area contributed by atoms with E-state index in [-0.39, 0.29) is 6.04 Å². The van der Waals surface area contributed by atoms with Gasteiger partial charge >= 0.3 is 0 Å². The second kappa shape index (κ2) is 8.73. The molecule has 29 heavy (non-hydrogen) atoms. The lowest BCUT2D eigenvalue weighted by Gasteiger charge is -2.17. The van der Waals surface area contributed by atoms with Crippen LogP contribution in [0.3, 0.4) is 0 Å². The van der Waals surface area contributed by atoms with Crippen LogP contribution in [0.25, 0.3) is 0 Å². The molecule has 0 aliphatic heterocycles. The Morgan fingerprint density at radius 3 is 2.55 bits per heavy atom. The van der Waals surface area contributed by atoms with Crippen LogP contribution < -0.4 is 10.6 Å². The van der Waals surface area contributed by atoms with Crippen LogP contribution in [0, 0.1) is 20.8 Å². The highest BCUT2D eigenvalue weighted by Gasteiger charge is 2.17. The highest BCUT2D eigenvalue weighted by molar-refractivity contribution is 7.80. The van der Waals surface area contributed by atoms with E-state index in [4.69, 9.17) is 35.4 Å². The summed E-state index contributed by atoms with van der Waals surface area (Å²) in [5.74, 6) is 0. The Hall–Kier alpha value is -2.09. The zero-order chi connectivity index (χ0) is 21.3. The lowest BCUT2D eigenvalue weighted by Crippen LogP contribution is -2.31. The number of aryl methyl sites for hydroxylation is 2. The maximum Gasteiger partial charge on any atom is 0.171 e. The van der Waals surface area contributed by atoms with Crippen LogP contribution >= 0.6 is 35.4 Å². The summed E-state index contributed by atoms with van der Waals surface area (Å²) in [6.07, 6.45) is 1.86. The van der Waals surface area contributed by atoms with Gasteiger partial charge in [0.1, 0.15) is 0 Å². The molecule has 9 heteroatoms. The third-order valence-electron chi connectivity index (χ3n) is 5.04. The van der Waals surface area contributed by atoms with Gasteiger partial charge in [0.05, 0.1) is 35.9 Å². The molecule has 0 fully saturated rings. The zero-order valence-electron chi connectivity index (χ0n) is 17.0. The molecule has 0 amide bonds. The highest BCUT2D eigenvalue weighted by Crippen LogP contribution is 2.25. The van der Waals surface area contributed by atoms with Gasteiger partial charge in [-0.25, -0.2) is 0 Å². The fourth-order valence-corrected chi connectivity index (χ4v) is 3.95. The van der Waals surface area contributed by atoms with Gasteiger partial charge < -0.3 is 10.6 Å². The fraction of sp³-hybridized carbons (Fsp3) is 0.350. The number of hydrogen-bond acceptors (Lipinski definition) is 3. The Labute approximate surface area is 186 Å². The number of halogens is 2. The first-order chi connectivity index (χ1) is 13.7. The molecule has 0 aliphatic rings. The van der Waals surface area contributed by atoms with Crippen molar-refractivity contribution in [1.82, 2.24) is 24.9 Å². The van der Waals surface area contributed by atoms with Crippen molar-refractivity contribution in [2.24, 2.45) is 7.05 Å². The zero-order valence-corrected chi connectivity index (χ0v) is 19.4. The van der Waals surface area contributed by atoms with Gasteiger partial charge in [0.25, 0.3) is 0 Å². The molecule has 6 nitrogen and oxygen atoms in total. The second-order valence-electron chi connectivity index (χ2n) is 7.07. The molecule has 2 N–H and O–H groups in total. The Morgan fingerprint density at radius 2 is 1.93 bits per heavy atom. The minimum atomic E-state index is 0.0345. The fourth-order valence-electron chi connectivity index (χ4n) is 3.21. The van der Waals surface area contributed by atoms with Crippen LogP contribution in [0.5, 0.6) is 0 Å². The smallest absolute Gasteiger partial charge is 0.171 e. The molecular weight excluding hydrogens is 427 g/mol. The van der Waals surface area contributed by atoms with Gasteiger partial charge in [-0.15, -0.1) is 0 Å². The van der Waals surface area contributed by atoms with Crippen molar-refractivity contribution in [1.29, 1.82) is 0 Å². The highest BCUT2D eigenvalue weighted by atomic mass is 35.5. The Bertz CT molecular complexity index is 1060.